The van der Waals surface area contributed by atoms with Gasteiger partial charge in [0.1, 0.15) is 5.00 Å². The minimum absolute atomic E-state index is 0.109. The third-order valence-electron chi connectivity index (χ3n) is 6.22. The number of allylic oxidation sites excluding steroid dienone is 2. The highest BCUT2D eigenvalue weighted by Crippen LogP contribution is 2.41. The minimum atomic E-state index is -0.938. The number of nitrogens with one attached hydrogen (secondary N) is 2. The van der Waals surface area contributed by atoms with Crippen molar-refractivity contribution >= 4 is 34.1 Å². The molecule has 1 aromatic heterocycles. The molecule has 4 rings (SSSR count). The van der Waals surface area contributed by atoms with Crippen LogP contribution in [0, 0.1) is 11.8 Å². The van der Waals surface area contributed by atoms with Gasteiger partial charge in [0, 0.05) is 10.9 Å². The first-order chi connectivity index (χ1) is 13.3. The van der Waals surface area contributed by atoms with Gasteiger partial charge in [-0.25, -0.2) is 0 Å². The Morgan fingerprint density at radius 2 is 1.71 bits per heavy atom. The first-order valence-electron chi connectivity index (χ1n) is 9.99. The Morgan fingerprint density at radius 3 is 2.36 bits per heavy atom. The van der Waals surface area contributed by atoms with Gasteiger partial charge in [0.2, 0.25) is 5.91 Å². The maximum atomic E-state index is 13.0. The Kier molecular flexibility index (Phi) is 5.04. The Bertz CT molecular complexity index is 881. The predicted octanol–water partition coefficient (Wildman–Crippen LogP) is 3.51. The Balaban J connectivity index is 1.59. The minimum Gasteiger partial charge on any atom is -0.481 e. The second-order valence-electron chi connectivity index (χ2n) is 8.32. The molecule has 2 atom stereocenters. The maximum Gasteiger partial charge on any atom is 0.307 e. The van der Waals surface area contributed by atoms with Crippen LogP contribution in [0.2, 0.25) is 0 Å². The quantitative estimate of drug-likeness (QED) is 0.657. The van der Waals surface area contributed by atoms with Crippen molar-refractivity contribution in [1.82, 2.24) is 5.32 Å². The lowest BCUT2D eigenvalue weighted by Gasteiger charge is -2.29. The van der Waals surface area contributed by atoms with E-state index >= 15 is 0 Å². The van der Waals surface area contributed by atoms with Crippen LogP contribution in [0.1, 0.15) is 66.8 Å². The smallest absolute Gasteiger partial charge is 0.307 e. The second-order valence-corrected chi connectivity index (χ2v) is 9.42. The van der Waals surface area contributed by atoms with Crippen molar-refractivity contribution in [3.63, 3.8) is 0 Å². The average molecular weight is 403 g/mol. The molecule has 150 valence electrons. The van der Waals surface area contributed by atoms with Crippen molar-refractivity contribution in [1.29, 1.82) is 0 Å². The first-order valence-corrected chi connectivity index (χ1v) is 10.8. The summed E-state index contributed by atoms with van der Waals surface area (Å²) in [5.74, 6) is -2.67. The monoisotopic (exact) mass is 402 g/mol. The molecule has 0 bridgehead atoms. The van der Waals surface area contributed by atoms with Crippen molar-refractivity contribution in [3.05, 3.63) is 27.2 Å². The lowest BCUT2D eigenvalue weighted by Crippen LogP contribution is -2.37. The van der Waals surface area contributed by atoms with Crippen LogP contribution in [0.5, 0.6) is 0 Å². The van der Waals surface area contributed by atoms with Crippen LogP contribution in [-0.4, -0.2) is 28.9 Å². The van der Waals surface area contributed by atoms with Crippen molar-refractivity contribution < 1.29 is 19.5 Å². The molecule has 6 nitrogen and oxygen atoms in total. The lowest BCUT2D eigenvalue weighted by atomic mass is 9.76. The van der Waals surface area contributed by atoms with E-state index in [0.717, 1.165) is 48.8 Å². The van der Waals surface area contributed by atoms with Gasteiger partial charge in [-0.15, -0.1) is 11.3 Å². The van der Waals surface area contributed by atoms with E-state index in [0.29, 0.717) is 23.4 Å². The third-order valence-corrected chi connectivity index (χ3v) is 7.43. The molecule has 1 saturated carbocycles. The summed E-state index contributed by atoms with van der Waals surface area (Å²) in [6.45, 7) is 3.89. The zero-order valence-corrected chi connectivity index (χ0v) is 17.1. The molecule has 2 unspecified atom stereocenters. The Morgan fingerprint density at radius 1 is 1.04 bits per heavy atom. The van der Waals surface area contributed by atoms with Crippen molar-refractivity contribution in [2.75, 3.05) is 5.32 Å². The molecule has 3 N–H and O–H groups in total. The highest BCUT2D eigenvalue weighted by atomic mass is 32.1. The van der Waals surface area contributed by atoms with Gasteiger partial charge in [-0.1, -0.05) is 11.1 Å². The third kappa shape index (κ3) is 3.60. The van der Waals surface area contributed by atoms with Crippen LogP contribution in [0.25, 0.3) is 0 Å². The molecule has 1 aromatic rings. The molecular weight excluding hydrogens is 376 g/mol. The van der Waals surface area contributed by atoms with E-state index < -0.39 is 17.8 Å². The Hall–Kier alpha value is -2.15. The zero-order chi connectivity index (χ0) is 20.0. The SMILES string of the molecule is CC1=C(C)CC(C(=O)Nc2sc3c(c2C(=O)NC2CC2)CCC3)C(C(=O)O)C1. The summed E-state index contributed by atoms with van der Waals surface area (Å²) in [6, 6.07) is 0.249. The van der Waals surface area contributed by atoms with Crippen LogP contribution >= 0.6 is 11.3 Å². The summed E-state index contributed by atoms with van der Waals surface area (Å²) in [4.78, 5) is 38.7. The topological polar surface area (TPSA) is 95.5 Å². The predicted molar refractivity (Wildman–Crippen MR) is 108 cm³/mol. The number of carboxylic acid groups (broad SMARTS) is 1. The molecule has 1 heterocycles. The van der Waals surface area contributed by atoms with Gasteiger partial charge in [0.25, 0.3) is 5.91 Å². The summed E-state index contributed by atoms with van der Waals surface area (Å²) in [5, 5.41) is 16.2. The van der Waals surface area contributed by atoms with Crippen molar-refractivity contribution in [2.45, 2.75) is 64.8 Å². The maximum absolute atomic E-state index is 13.0. The van der Waals surface area contributed by atoms with Crippen molar-refractivity contribution in [2.24, 2.45) is 11.8 Å². The number of amides is 2. The number of aryl methyl sites for hydroxylation is 1. The van der Waals surface area contributed by atoms with Gasteiger partial charge in [-0.3, -0.25) is 14.4 Å². The summed E-state index contributed by atoms with van der Waals surface area (Å²) in [7, 11) is 0. The molecule has 0 aliphatic heterocycles. The van der Waals surface area contributed by atoms with E-state index in [1.54, 1.807) is 0 Å². The van der Waals surface area contributed by atoms with Crippen LogP contribution in [0.3, 0.4) is 0 Å². The van der Waals surface area contributed by atoms with Gasteiger partial charge in [0.05, 0.1) is 17.4 Å². The fourth-order valence-electron chi connectivity index (χ4n) is 4.25. The number of thiophene rings is 1. The molecule has 7 heteroatoms. The van der Waals surface area contributed by atoms with Crippen LogP contribution < -0.4 is 10.6 Å². The summed E-state index contributed by atoms with van der Waals surface area (Å²) in [5.41, 5.74) is 3.79. The molecule has 3 aliphatic rings. The normalized spacial score (nSPS) is 24.1. The average Bonchev–Trinajstić information content (AvgIpc) is 3.21. The van der Waals surface area contributed by atoms with Crippen LogP contribution in [0.4, 0.5) is 5.00 Å². The van der Waals surface area contributed by atoms with E-state index in [-0.39, 0.29) is 17.9 Å². The number of hydrogen-bond donors (Lipinski definition) is 3. The lowest BCUT2D eigenvalue weighted by molar-refractivity contribution is -0.146. The molecule has 0 aromatic carbocycles. The Labute approximate surface area is 168 Å². The van der Waals surface area contributed by atoms with Gasteiger partial charge >= 0.3 is 5.97 Å². The molecular formula is C21H26N2O4S. The molecule has 0 saturated heterocycles. The van der Waals surface area contributed by atoms with E-state index in [9.17, 15) is 19.5 Å². The van der Waals surface area contributed by atoms with E-state index in [1.807, 2.05) is 13.8 Å². The van der Waals surface area contributed by atoms with Crippen LogP contribution in [-0.2, 0) is 22.4 Å². The number of fused-ring (bicyclic) bond motifs is 1. The number of rotatable bonds is 5. The summed E-state index contributed by atoms with van der Waals surface area (Å²) < 4.78 is 0. The second kappa shape index (κ2) is 7.35. The van der Waals surface area contributed by atoms with Gasteiger partial charge in [-0.05, 0) is 64.4 Å². The van der Waals surface area contributed by atoms with E-state index in [2.05, 4.69) is 10.6 Å². The number of hydrogen-bond acceptors (Lipinski definition) is 4. The number of carbonyl (C=O) groups is 3. The standard InChI is InChI=1S/C21H26N2O4S/c1-10-8-14(15(21(26)27)9-11(10)2)18(24)23-20-17(19(25)22-12-6-7-12)13-4-3-5-16(13)28-20/h12,14-15H,3-9H2,1-2H3,(H,22,25)(H,23,24)(H,26,27). The van der Waals surface area contributed by atoms with Gasteiger partial charge < -0.3 is 15.7 Å². The fraction of sp³-hybridized carbons (Fsp3) is 0.571. The highest BCUT2D eigenvalue weighted by molar-refractivity contribution is 7.17. The molecule has 2 amide bonds. The molecule has 0 spiro atoms. The largest absolute Gasteiger partial charge is 0.481 e. The highest BCUT2D eigenvalue weighted by Gasteiger charge is 2.38. The number of anilines is 1. The van der Waals surface area contributed by atoms with Crippen molar-refractivity contribution in [3.8, 4) is 0 Å². The van der Waals surface area contributed by atoms with E-state index in [1.165, 1.54) is 16.2 Å². The fourth-order valence-corrected chi connectivity index (χ4v) is 5.54. The number of carbonyl (C=O) groups excluding carboxylic acids is 2. The number of carboxylic acids is 1. The van der Waals surface area contributed by atoms with Crippen LogP contribution in [0.15, 0.2) is 11.1 Å². The van der Waals surface area contributed by atoms with Gasteiger partial charge in [-0.2, -0.15) is 0 Å². The van der Waals surface area contributed by atoms with Gasteiger partial charge in [0.15, 0.2) is 0 Å². The van der Waals surface area contributed by atoms with E-state index in [4.69, 9.17) is 0 Å². The molecule has 28 heavy (non-hydrogen) atoms. The molecule has 3 aliphatic carbocycles. The summed E-state index contributed by atoms with van der Waals surface area (Å²) >= 11 is 1.48. The first kappa shape index (κ1) is 19.2. The molecule has 1 fully saturated rings. The number of aliphatic carboxylic acids is 1. The summed E-state index contributed by atoms with van der Waals surface area (Å²) in [6.07, 6.45) is 5.68. The molecule has 0 radical (unpaired) electrons. The zero-order valence-electron chi connectivity index (χ0n) is 16.3.